The molecule has 0 saturated carbocycles. The molecule has 19 heavy (non-hydrogen) atoms. The molecule has 0 atom stereocenters. The van der Waals surface area contributed by atoms with E-state index in [9.17, 15) is 9.90 Å². The summed E-state index contributed by atoms with van der Waals surface area (Å²) in [6, 6.07) is 1.65. The molecule has 2 aromatic heterocycles. The summed E-state index contributed by atoms with van der Waals surface area (Å²) in [6.45, 7) is 3.38. The molecule has 0 bridgehead atoms. The van der Waals surface area contributed by atoms with Crippen molar-refractivity contribution >= 4 is 28.7 Å². The number of rotatable bonds is 4. The molecule has 0 aliphatic heterocycles. The number of ether oxygens (including phenoxy) is 1. The summed E-state index contributed by atoms with van der Waals surface area (Å²) in [6.07, 6.45) is 1.47. The molecule has 0 amide bonds. The molecule has 2 rings (SSSR count). The number of methoxy groups -OCH3 is 1. The van der Waals surface area contributed by atoms with Crippen LogP contribution in [0.1, 0.15) is 19.7 Å². The minimum Gasteiger partial charge on any atom is -0.480 e. The van der Waals surface area contributed by atoms with Crippen LogP contribution in [-0.4, -0.2) is 32.7 Å². The van der Waals surface area contributed by atoms with Gasteiger partial charge in [0.05, 0.1) is 5.02 Å². The Morgan fingerprint density at radius 2 is 2.26 bits per heavy atom. The third-order valence-electron chi connectivity index (χ3n) is 2.89. The van der Waals surface area contributed by atoms with Gasteiger partial charge in [0.1, 0.15) is 23.5 Å². The maximum absolute atomic E-state index is 11.4. The van der Waals surface area contributed by atoms with Crippen LogP contribution >= 0.6 is 11.6 Å². The first-order chi connectivity index (χ1) is 8.87. The molecule has 0 saturated heterocycles. The Morgan fingerprint density at radius 1 is 1.58 bits per heavy atom. The van der Waals surface area contributed by atoms with Gasteiger partial charge in [0.25, 0.3) is 0 Å². The summed E-state index contributed by atoms with van der Waals surface area (Å²) in [5.41, 5.74) is -0.151. The quantitative estimate of drug-likeness (QED) is 0.929. The summed E-state index contributed by atoms with van der Waals surface area (Å²) in [5.74, 6) is -0.472. The molecule has 102 valence electrons. The number of hydrogen-bond donors (Lipinski definition) is 1. The molecule has 0 radical (unpaired) electrons. The average Bonchev–Trinajstić information content (AvgIpc) is 2.66. The van der Waals surface area contributed by atoms with Crippen LogP contribution in [0.5, 0.6) is 0 Å². The van der Waals surface area contributed by atoms with Gasteiger partial charge in [-0.2, -0.15) is 0 Å². The zero-order chi connectivity index (χ0) is 14.2. The van der Waals surface area contributed by atoms with Crippen LogP contribution in [0.4, 0.5) is 0 Å². The van der Waals surface area contributed by atoms with Crippen LogP contribution < -0.4 is 0 Å². The second kappa shape index (κ2) is 4.79. The van der Waals surface area contributed by atoms with Gasteiger partial charge in [-0.15, -0.1) is 0 Å². The number of imidazole rings is 1. The van der Waals surface area contributed by atoms with Crippen molar-refractivity contribution in [2.24, 2.45) is 0 Å². The van der Waals surface area contributed by atoms with Crippen molar-refractivity contribution in [2.45, 2.75) is 26.0 Å². The highest BCUT2D eigenvalue weighted by Crippen LogP contribution is 2.26. The monoisotopic (exact) mass is 283 g/mol. The van der Waals surface area contributed by atoms with E-state index in [0.717, 1.165) is 0 Å². The van der Waals surface area contributed by atoms with E-state index < -0.39 is 11.5 Å². The largest absolute Gasteiger partial charge is 0.480 e. The van der Waals surface area contributed by atoms with Crippen molar-refractivity contribution in [1.29, 1.82) is 0 Å². The van der Waals surface area contributed by atoms with Gasteiger partial charge in [-0.05, 0) is 19.9 Å². The molecule has 2 heterocycles. The van der Waals surface area contributed by atoms with Gasteiger partial charge in [0.15, 0.2) is 5.65 Å². The maximum atomic E-state index is 11.4. The number of hydrogen-bond acceptors (Lipinski definition) is 4. The molecule has 7 heteroatoms. The van der Waals surface area contributed by atoms with Crippen molar-refractivity contribution in [1.82, 2.24) is 14.5 Å². The van der Waals surface area contributed by atoms with Gasteiger partial charge in [-0.1, -0.05) is 11.6 Å². The van der Waals surface area contributed by atoms with Gasteiger partial charge in [-0.3, -0.25) is 4.57 Å². The fraction of sp³-hybridized carbons (Fsp3) is 0.417. The second-order valence-corrected chi connectivity index (χ2v) is 5.09. The number of fused-ring (bicyclic) bond motifs is 1. The van der Waals surface area contributed by atoms with E-state index in [0.29, 0.717) is 22.0 Å². The number of halogens is 1. The van der Waals surface area contributed by atoms with Gasteiger partial charge in [0, 0.05) is 13.3 Å². The highest BCUT2D eigenvalue weighted by Gasteiger charge is 2.34. The first-order valence-corrected chi connectivity index (χ1v) is 6.01. The summed E-state index contributed by atoms with van der Waals surface area (Å²) >= 11 is 5.87. The zero-order valence-electron chi connectivity index (χ0n) is 10.8. The number of pyridine rings is 1. The number of carboxylic acid groups (broad SMARTS) is 1. The summed E-state index contributed by atoms with van der Waals surface area (Å²) in [5, 5.41) is 9.83. The van der Waals surface area contributed by atoms with Gasteiger partial charge in [-0.25, -0.2) is 14.8 Å². The third kappa shape index (κ3) is 2.29. The lowest BCUT2D eigenvalue weighted by atomic mass is 10.1. The van der Waals surface area contributed by atoms with Crippen LogP contribution in [0.3, 0.4) is 0 Å². The Morgan fingerprint density at radius 3 is 2.84 bits per heavy atom. The highest BCUT2D eigenvalue weighted by molar-refractivity contribution is 6.31. The Labute approximate surface area is 115 Å². The molecule has 0 aliphatic rings. The fourth-order valence-corrected chi connectivity index (χ4v) is 2.05. The van der Waals surface area contributed by atoms with Crippen molar-refractivity contribution in [3.63, 3.8) is 0 Å². The molecule has 2 aromatic rings. The SMILES string of the molecule is COCc1nc2cc(Cl)cnc2n1C(C)(C)C(=O)O. The lowest BCUT2D eigenvalue weighted by molar-refractivity contribution is -0.145. The predicted octanol–water partition coefficient (Wildman–Crippen LogP) is 2.05. The van der Waals surface area contributed by atoms with Crippen molar-refractivity contribution < 1.29 is 14.6 Å². The van der Waals surface area contributed by atoms with E-state index in [2.05, 4.69) is 9.97 Å². The molecule has 0 unspecified atom stereocenters. The Bertz CT molecular complexity index is 636. The van der Waals surface area contributed by atoms with Crippen molar-refractivity contribution in [2.75, 3.05) is 7.11 Å². The van der Waals surface area contributed by atoms with E-state index >= 15 is 0 Å². The Kier molecular flexibility index (Phi) is 3.47. The van der Waals surface area contributed by atoms with Crippen LogP contribution in [0.25, 0.3) is 11.2 Å². The van der Waals surface area contributed by atoms with Crippen LogP contribution in [0.15, 0.2) is 12.3 Å². The van der Waals surface area contributed by atoms with Crippen LogP contribution in [0.2, 0.25) is 5.02 Å². The number of nitrogens with zero attached hydrogens (tertiary/aromatic N) is 3. The van der Waals surface area contributed by atoms with E-state index in [4.69, 9.17) is 16.3 Å². The van der Waals surface area contributed by atoms with Gasteiger partial charge >= 0.3 is 5.97 Å². The highest BCUT2D eigenvalue weighted by atomic mass is 35.5. The molecule has 0 aliphatic carbocycles. The Hall–Kier alpha value is -1.66. The first kappa shape index (κ1) is 13.8. The molecular weight excluding hydrogens is 270 g/mol. The number of carboxylic acids is 1. The van der Waals surface area contributed by atoms with E-state index in [1.54, 1.807) is 24.5 Å². The minimum absolute atomic E-state index is 0.199. The molecule has 0 spiro atoms. The molecule has 0 aromatic carbocycles. The smallest absolute Gasteiger partial charge is 0.329 e. The number of carbonyl (C=O) groups is 1. The minimum atomic E-state index is -1.18. The molecular formula is C12H14ClN3O3. The van der Waals surface area contributed by atoms with E-state index in [1.807, 2.05) is 0 Å². The summed E-state index contributed by atoms with van der Waals surface area (Å²) in [4.78, 5) is 20.0. The third-order valence-corrected chi connectivity index (χ3v) is 3.10. The molecule has 1 N–H and O–H groups in total. The summed E-state index contributed by atoms with van der Waals surface area (Å²) < 4.78 is 6.63. The van der Waals surface area contributed by atoms with E-state index in [1.165, 1.54) is 13.3 Å². The predicted molar refractivity (Wildman–Crippen MR) is 70.2 cm³/mol. The average molecular weight is 284 g/mol. The maximum Gasteiger partial charge on any atom is 0.329 e. The first-order valence-electron chi connectivity index (χ1n) is 5.63. The number of aliphatic carboxylic acids is 1. The van der Waals surface area contributed by atoms with Crippen LogP contribution in [-0.2, 0) is 21.7 Å². The topological polar surface area (TPSA) is 77.2 Å². The normalized spacial score (nSPS) is 12.0. The second-order valence-electron chi connectivity index (χ2n) is 4.66. The Balaban J connectivity index is 2.75. The fourth-order valence-electron chi connectivity index (χ4n) is 1.90. The zero-order valence-corrected chi connectivity index (χ0v) is 11.6. The van der Waals surface area contributed by atoms with Crippen LogP contribution in [0, 0.1) is 0 Å². The molecule has 0 fully saturated rings. The van der Waals surface area contributed by atoms with Crippen molar-refractivity contribution in [3.8, 4) is 0 Å². The van der Waals surface area contributed by atoms with Gasteiger partial charge in [0.2, 0.25) is 0 Å². The van der Waals surface area contributed by atoms with Crippen molar-refractivity contribution in [3.05, 3.63) is 23.1 Å². The molecule has 6 nitrogen and oxygen atoms in total. The lowest BCUT2D eigenvalue weighted by Crippen LogP contribution is -2.37. The van der Waals surface area contributed by atoms with E-state index in [-0.39, 0.29) is 6.61 Å². The number of aromatic nitrogens is 3. The standard InChI is InChI=1S/C12H14ClN3O3/c1-12(2,11(17)18)16-9(6-19-3)15-8-4-7(13)5-14-10(8)16/h4-5H,6H2,1-3H3,(H,17,18). The lowest BCUT2D eigenvalue weighted by Gasteiger charge is -2.23. The van der Waals surface area contributed by atoms with Gasteiger partial charge < -0.3 is 9.84 Å². The summed E-state index contributed by atoms with van der Waals surface area (Å²) in [7, 11) is 1.53.